The van der Waals surface area contributed by atoms with Gasteiger partial charge in [-0.05, 0) is 39.5 Å². The third kappa shape index (κ3) is 3.22. The summed E-state index contributed by atoms with van der Waals surface area (Å²) < 4.78 is 10.8. The molecule has 3 nitrogen and oxygen atoms in total. The Morgan fingerprint density at radius 2 is 1.94 bits per heavy atom. The number of ether oxygens (including phenoxy) is 2. The van der Waals surface area contributed by atoms with Crippen molar-refractivity contribution in [1.82, 2.24) is 0 Å². The molecule has 1 rings (SSSR count). The maximum atomic E-state index is 11.8. The SMILES string of the molecule is COC(=O)C(c1ccc(OC)c(Br)c1)C(C)C. The number of benzene rings is 1. The highest BCUT2D eigenvalue weighted by atomic mass is 79.9. The lowest BCUT2D eigenvalue weighted by Gasteiger charge is -2.19. The molecule has 1 unspecified atom stereocenters. The Morgan fingerprint density at radius 1 is 1.29 bits per heavy atom. The smallest absolute Gasteiger partial charge is 0.313 e. The summed E-state index contributed by atoms with van der Waals surface area (Å²) in [7, 11) is 3.02. The average molecular weight is 301 g/mol. The van der Waals surface area contributed by atoms with Gasteiger partial charge in [0.1, 0.15) is 5.75 Å². The highest BCUT2D eigenvalue weighted by molar-refractivity contribution is 9.10. The van der Waals surface area contributed by atoms with Crippen molar-refractivity contribution in [2.24, 2.45) is 5.92 Å². The van der Waals surface area contributed by atoms with Crippen molar-refractivity contribution >= 4 is 21.9 Å². The molecule has 0 radical (unpaired) electrons. The van der Waals surface area contributed by atoms with E-state index in [1.54, 1.807) is 7.11 Å². The topological polar surface area (TPSA) is 35.5 Å². The minimum absolute atomic E-state index is 0.183. The van der Waals surface area contributed by atoms with E-state index in [0.29, 0.717) is 0 Å². The van der Waals surface area contributed by atoms with Gasteiger partial charge in [0.2, 0.25) is 0 Å². The van der Waals surface area contributed by atoms with Crippen LogP contribution in [-0.2, 0) is 9.53 Å². The number of halogens is 1. The summed E-state index contributed by atoms with van der Waals surface area (Å²) in [5.74, 6) is 0.475. The Balaban J connectivity index is 3.11. The molecule has 0 fully saturated rings. The lowest BCUT2D eigenvalue weighted by atomic mass is 9.88. The van der Waals surface area contributed by atoms with Gasteiger partial charge in [0, 0.05) is 0 Å². The second-order valence-electron chi connectivity index (χ2n) is 4.14. The van der Waals surface area contributed by atoms with E-state index in [4.69, 9.17) is 9.47 Å². The predicted molar refractivity (Wildman–Crippen MR) is 70.3 cm³/mol. The molecule has 0 aromatic heterocycles. The van der Waals surface area contributed by atoms with Crippen molar-refractivity contribution in [3.8, 4) is 5.75 Å². The first kappa shape index (κ1) is 14.0. The zero-order valence-corrected chi connectivity index (χ0v) is 12.1. The Bertz CT molecular complexity index is 402. The summed E-state index contributed by atoms with van der Waals surface area (Å²) in [6, 6.07) is 5.64. The van der Waals surface area contributed by atoms with Gasteiger partial charge in [0.05, 0.1) is 24.6 Å². The molecule has 0 saturated carbocycles. The molecule has 0 amide bonds. The number of methoxy groups -OCH3 is 2. The van der Waals surface area contributed by atoms with Crippen LogP contribution in [-0.4, -0.2) is 20.2 Å². The minimum Gasteiger partial charge on any atom is -0.496 e. The van der Waals surface area contributed by atoms with Gasteiger partial charge in [-0.25, -0.2) is 0 Å². The van der Waals surface area contributed by atoms with Crippen LogP contribution in [0.1, 0.15) is 25.3 Å². The van der Waals surface area contributed by atoms with E-state index < -0.39 is 0 Å². The van der Waals surface area contributed by atoms with Crippen molar-refractivity contribution in [1.29, 1.82) is 0 Å². The van der Waals surface area contributed by atoms with Crippen LogP contribution >= 0.6 is 15.9 Å². The van der Waals surface area contributed by atoms with Gasteiger partial charge in [-0.3, -0.25) is 4.79 Å². The van der Waals surface area contributed by atoms with E-state index in [0.717, 1.165) is 15.8 Å². The largest absolute Gasteiger partial charge is 0.496 e. The van der Waals surface area contributed by atoms with Gasteiger partial charge in [0.15, 0.2) is 0 Å². The fraction of sp³-hybridized carbons (Fsp3) is 0.462. The summed E-state index contributed by atoms with van der Waals surface area (Å²) in [5, 5.41) is 0. The fourth-order valence-corrected chi connectivity index (χ4v) is 2.35. The summed E-state index contributed by atoms with van der Waals surface area (Å²) in [4.78, 5) is 11.8. The third-order valence-electron chi connectivity index (χ3n) is 2.66. The molecule has 17 heavy (non-hydrogen) atoms. The Hall–Kier alpha value is -1.03. The van der Waals surface area contributed by atoms with Gasteiger partial charge >= 0.3 is 5.97 Å². The molecule has 0 heterocycles. The molecule has 0 aliphatic rings. The van der Waals surface area contributed by atoms with E-state index >= 15 is 0 Å². The Labute approximate surface area is 110 Å². The standard InChI is InChI=1S/C13H17BrO3/c1-8(2)12(13(15)17-4)9-5-6-11(16-3)10(14)7-9/h5-8,12H,1-4H3. The lowest BCUT2D eigenvalue weighted by molar-refractivity contribution is -0.143. The fourth-order valence-electron chi connectivity index (χ4n) is 1.80. The number of carbonyl (C=O) groups is 1. The van der Waals surface area contributed by atoms with E-state index in [1.807, 2.05) is 32.0 Å². The lowest BCUT2D eigenvalue weighted by Crippen LogP contribution is -2.19. The quantitative estimate of drug-likeness (QED) is 0.800. The molecule has 0 saturated heterocycles. The summed E-state index contributed by atoms with van der Waals surface area (Å²) in [5.41, 5.74) is 0.930. The van der Waals surface area contributed by atoms with E-state index in [9.17, 15) is 4.79 Å². The zero-order chi connectivity index (χ0) is 13.0. The van der Waals surface area contributed by atoms with Gasteiger partial charge in [-0.2, -0.15) is 0 Å². The predicted octanol–water partition coefficient (Wildman–Crippen LogP) is 3.37. The van der Waals surface area contributed by atoms with Crippen molar-refractivity contribution in [3.05, 3.63) is 28.2 Å². The zero-order valence-electron chi connectivity index (χ0n) is 10.5. The maximum Gasteiger partial charge on any atom is 0.313 e. The first-order valence-corrected chi connectivity index (χ1v) is 6.21. The minimum atomic E-state index is -0.248. The Morgan fingerprint density at radius 3 is 2.35 bits per heavy atom. The summed E-state index contributed by atoms with van der Waals surface area (Å²) in [6.45, 7) is 4.00. The first-order valence-electron chi connectivity index (χ1n) is 5.42. The molecule has 0 N–H and O–H groups in total. The highest BCUT2D eigenvalue weighted by Crippen LogP contribution is 2.32. The van der Waals surface area contributed by atoms with Crippen LogP contribution in [0.3, 0.4) is 0 Å². The second-order valence-corrected chi connectivity index (χ2v) is 4.99. The van der Waals surface area contributed by atoms with Gasteiger partial charge in [-0.15, -0.1) is 0 Å². The Kier molecular flexibility index (Phi) is 5.00. The van der Waals surface area contributed by atoms with Crippen LogP contribution in [0.15, 0.2) is 22.7 Å². The molecule has 0 bridgehead atoms. The molecule has 1 aromatic rings. The number of esters is 1. The molecule has 0 spiro atoms. The van der Waals surface area contributed by atoms with Crippen LogP contribution in [0.25, 0.3) is 0 Å². The molecular formula is C13H17BrO3. The van der Waals surface area contributed by atoms with Crippen LogP contribution in [0.2, 0.25) is 0 Å². The monoisotopic (exact) mass is 300 g/mol. The van der Waals surface area contributed by atoms with Crippen molar-refractivity contribution < 1.29 is 14.3 Å². The molecule has 0 aliphatic heterocycles. The summed E-state index contributed by atoms with van der Waals surface area (Å²) >= 11 is 3.42. The summed E-state index contributed by atoms with van der Waals surface area (Å²) in [6.07, 6.45) is 0. The number of hydrogen-bond acceptors (Lipinski definition) is 3. The molecular weight excluding hydrogens is 284 g/mol. The van der Waals surface area contributed by atoms with E-state index in [2.05, 4.69) is 15.9 Å². The van der Waals surface area contributed by atoms with Crippen LogP contribution in [0.5, 0.6) is 5.75 Å². The normalized spacial score (nSPS) is 12.4. The van der Waals surface area contributed by atoms with Gasteiger partial charge in [0.25, 0.3) is 0 Å². The molecule has 1 atom stereocenters. The van der Waals surface area contributed by atoms with Crippen molar-refractivity contribution in [3.63, 3.8) is 0 Å². The number of rotatable bonds is 4. The van der Waals surface area contributed by atoms with E-state index in [-0.39, 0.29) is 17.8 Å². The average Bonchev–Trinajstić information content (AvgIpc) is 2.28. The van der Waals surface area contributed by atoms with E-state index in [1.165, 1.54) is 7.11 Å². The molecule has 1 aromatic carbocycles. The van der Waals surface area contributed by atoms with Gasteiger partial charge in [-0.1, -0.05) is 19.9 Å². The molecule has 0 aliphatic carbocycles. The van der Waals surface area contributed by atoms with Crippen LogP contribution in [0, 0.1) is 5.92 Å². The number of carbonyl (C=O) groups excluding carboxylic acids is 1. The molecule has 94 valence electrons. The second kappa shape index (κ2) is 6.05. The maximum absolute atomic E-state index is 11.8. The molecule has 4 heteroatoms. The van der Waals surface area contributed by atoms with Crippen LogP contribution < -0.4 is 4.74 Å². The first-order chi connectivity index (χ1) is 8.01. The van der Waals surface area contributed by atoms with Gasteiger partial charge < -0.3 is 9.47 Å². The van der Waals surface area contributed by atoms with Crippen LogP contribution in [0.4, 0.5) is 0 Å². The van der Waals surface area contributed by atoms with Crippen molar-refractivity contribution in [2.75, 3.05) is 14.2 Å². The third-order valence-corrected chi connectivity index (χ3v) is 3.28. The van der Waals surface area contributed by atoms with Crippen molar-refractivity contribution in [2.45, 2.75) is 19.8 Å². The number of hydrogen-bond donors (Lipinski definition) is 0. The highest BCUT2D eigenvalue weighted by Gasteiger charge is 2.25.